The number of methoxy groups -OCH3 is 1. The summed E-state index contributed by atoms with van der Waals surface area (Å²) in [7, 11) is 3.77. The maximum Gasteiger partial charge on any atom is 0.123 e. The number of para-hydroxylation sites is 1. The molecular weight excluding hydrogens is 236 g/mol. The van der Waals surface area contributed by atoms with Gasteiger partial charge in [0.2, 0.25) is 0 Å². The third kappa shape index (κ3) is 3.28. The number of likely N-dealkylation sites (tertiary alicyclic amines) is 1. The fourth-order valence-electron chi connectivity index (χ4n) is 2.96. The lowest BCUT2D eigenvalue weighted by Gasteiger charge is -2.25. The van der Waals surface area contributed by atoms with Crippen LogP contribution in [0.5, 0.6) is 5.75 Å². The Balaban J connectivity index is 2.08. The second kappa shape index (κ2) is 6.40. The molecule has 1 aliphatic rings. The standard InChI is InChI=1S/C16H26N2O/c1-12-9-18(10-13(12)2)11-15(17-3)14-7-5-6-8-16(14)19-4/h5-8,12-13,15,17H,9-11H2,1-4H3. The molecule has 2 rings (SSSR count). The van der Waals surface area contributed by atoms with Gasteiger partial charge in [0.1, 0.15) is 5.75 Å². The Morgan fingerprint density at radius 3 is 2.47 bits per heavy atom. The van der Waals surface area contributed by atoms with Crippen LogP contribution in [0, 0.1) is 11.8 Å². The summed E-state index contributed by atoms with van der Waals surface area (Å²) in [4.78, 5) is 2.56. The van der Waals surface area contributed by atoms with Crippen LogP contribution >= 0.6 is 0 Å². The smallest absolute Gasteiger partial charge is 0.123 e. The first kappa shape index (κ1) is 14.4. The minimum atomic E-state index is 0.327. The first-order chi connectivity index (χ1) is 9.15. The van der Waals surface area contributed by atoms with Crippen LogP contribution < -0.4 is 10.1 Å². The van der Waals surface area contributed by atoms with Gasteiger partial charge in [0.05, 0.1) is 7.11 Å². The largest absolute Gasteiger partial charge is 0.496 e. The Kier molecular flexibility index (Phi) is 4.83. The number of benzene rings is 1. The molecule has 1 aromatic rings. The molecule has 3 unspecified atom stereocenters. The lowest BCUT2D eigenvalue weighted by atomic mass is 10.0. The molecule has 1 aliphatic heterocycles. The van der Waals surface area contributed by atoms with Crippen LogP contribution in [0.15, 0.2) is 24.3 Å². The number of nitrogens with one attached hydrogen (secondary N) is 1. The van der Waals surface area contributed by atoms with Gasteiger partial charge >= 0.3 is 0 Å². The van der Waals surface area contributed by atoms with Crippen molar-refractivity contribution >= 4 is 0 Å². The number of likely N-dealkylation sites (N-methyl/N-ethyl adjacent to an activating group) is 1. The van der Waals surface area contributed by atoms with Crippen LogP contribution in [0.3, 0.4) is 0 Å². The van der Waals surface area contributed by atoms with E-state index in [1.165, 1.54) is 18.7 Å². The van der Waals surface area contributed by atoms with Crippen molar-refractivity contribution in [1.29, 1.82) is 0 Å². The molecule has 0 radical (unpaired) electrons. The van der Waals surface area contributed by atoms with Gasteiger partial charge in [-0.15, -0.1) is 0 Å². The zero-order valence-electron chi connectivity index (χ0n) is 12.5. The van der Waals surface area contributed by atoms with E-state index in [0.29, 0.717) is 6.04 Å². The molecule has 1 saturated heterocycles. The number of rotatable bonds is 5. The molecule has 0 spiro atoms. The minimum absolute atomic E-state index is 0.327. The molecule has 0 aliphatic carbocycles. The first-order valence-electron chi connectivity index (χ1n) is 7.18. The predicted molar refractivity (Wildman–Crippen MR) is 79.6 cm³/mol. The SMILES string of the molecule is CNC(CN1CC(C)C(C)C1)c1ccccc1OC. The van der Waals surface area contributed by atoms with E-state index < -0.39 is 0 Å². The van der Waals surface area contributed by atoms with Gasteiger partial charge in [0, 0.05) is 31.2 Å². The van der Waals surface area contributed by atoms with Crippen LogP contribution in [0.25, 0.3) is 0 Å². The van der Waals surface area contributed by atoms with E-state index in [4.69, 9.17) is 4.74 Å². The predicted octanol–water partition coefficient (Wildman–Crippen LogP) is 2.54. The molecule has 19 heavy (non-hydrogen) atoms. The first-order valence-corrected chi connectivity index (χ1v) is 7.18. The van der Waals surface area contributed by atoms with Gasteiger partial charge in [0.25, 0.3) is 0 Å². The van der Waals surface area contributed by atoms with Crippen molar-refractivity contribution in [2.45, 2.75) is 19.9 Å². The van der Waals surface area contributed by atoms with Crippen LogP contribution in [-0.2, 0) is 0 Å². The highest BCUT2D eigenvalue weighted by Gasteiger charge is 2.28. The van der Waals surface area contributed by atoms with Gasteiger partial charge in [-0.25, -0.2) is 0 Å². The fraction of sp³-hybridized carbons (Fsp3) is 0.625. The van der Waals surface area contributed by atoms with Gasteiger partial charge in [-0.1, -0.05) is 32.0 Å². The van der Waals surface area contributed by atoms with Crippen LogP contribution in [-0.4, -0.2) is 38.7 Å². The van der Waals surface area contributed by atoms with Crippen molar-refractivity contribution in [1.82, 2.24) is 10.2 Å². The molecule has 1 heterocycles. The second-order valence-corrected chi connectivity index (χ2v) is 5.76. The summed E-state index contributed by atoms with van der Waals surface area (Å²) in [5.41, 5.74) is 1.25. The number of nitrogens with zero attached hydrogens (tertiary/aromatic N) is 1. The Labute approximate surface area is 116 Å². The second-order valence-electron chi connectivity index (χ2n) is 5.76. The average Bonchev–Trinajstić information content (AvgIpc) is 2.75. The number of hydrogen-bond donors (Lipinski definition) is 1. The Hall–Kier alpha value is -1.06. The van der Waals surface area contributed by atoms with E-state index in [1.54, 1.807) is 7.11 Å². The highest BCUT2D eigenvalue weighted by Crippen LogP contribution is 2.28. The summed E-state index contributed by atoms with van der Waals surface area (Å²) >= 11 is 0. The zero-order chi connectivity index (χ0) is 13.8. The van der Waals surface area contributed by atoms with Gasteiger partial charge in [-0.2, -0.15) is 0 Å². The maximum absolute atomic E-state index is 5.48. The van der Waals surface area contributed by atoms with E-state index in [0.717, 1.165) is 24.1 Å². The van der Waals surface area contributed by atoms with E-state index in [9.17, 15) is 0 Å². The molecule has 0 saturated carbocycles. The quantitative estimate of drug-likeness (QED) is 0.882. The minimum Gasteiger partial charge on any atom is -0.496 e. The average molecular weight is 262 g/mol. The Morgan fingerprint density at radius 2 is 1.89 bits per heavy atom. The monoisotopic (exact) mass is 262 g/mol. The molecule has 106 valence electrons. The molecule has 0 amide bonds. The van der Waals surface area contributed by atoms with E-state index in [-0.39, 0.29) is 0 Å². The molecule has 1 aromatic carbocycles. The molecule has 3 atom stereocenters. The highest BCUT2D eigenvalue weighted by atomic mass is 16.5. The van der Waals surface area contributed by atoms with Gasteiger partial charge in [-0.3, -0.25) is 0 Å². The van der Waals surface area contributed by atoms with Crippen molar-refractivity contribution in [3.8, 4) is 5.75 Å². The maximum atomic E-state index is 5.48. The molecule has 3 heteroatoms. The van der Waals surface area contributed by atoms with Gasteiger partial charge in [-0.05, 0) is 24.9 Å². The summed E-state index contributed by atoms with van der Waals surface area (Å²) in [6, 6.07) is 8.62. The Bertz CT molecular complexity index is 397. The lowest BCUT2D eigenvalue weighted by Crippen LogP contribution is -2.32. The topological polar surface area (TPSA) is 24.5 Å². The lowest BCUT2D eigenvalue weighted by molar-refractivity contribution is 0.283. The van der Waals surface area contributed by atoms with E-state index in [2.05, 4.69) is 36.2 Å². The summed E-state index contributed by atoms with van der Waals surface area (Å²) in [6.07, 6.45) is 0. The van der Waals surface area contributed by atoms with Gasteiger partial charge < -0.3 is 15.0 Å². The molecule has 1 fully saturated rings. The van der Waals surface area contributed by atoms with Crippen LogP contribution in [0.2, 0.25) is 0 Å². The number of ether oxygens (including phenoxy) is 1. The number of hydrogen-bond acceptors (Lipinski definition) is 3. The molecule has 3 nitrogen and oxygen atoms in total. The fourth-order valence-corrected chi connectivity index (χ4v) is 2.96. The third-order valence-electron chi connectivity index (χ3n) is 4.37. The van der Waals surface area contributed by atoms with Crippen LogP contribution in [0.1, 0.15) is 25.5 Å². The van der Waals surface area contributed by atoms with Gasteiger partial charge in [0.15, 0.2) is 0 Å². The summed E-state index contributed by atoms with van der Waals surface area (Å²) in [5.74, 6) is 2.58. The molecule has 0 aromatic heterocycles. The van der Waals surface area contributed by atoms with Crippen molar-refractivity contribution in [2.75, 3.05) is 33.8 Å². The van der Waals surface area contributed by atoms with Crippen molar-refractivity contribution in [3.63, 3.8) is 0 Å². The van der Waals surface area contributed by atoms with Crippen LogP contribution in [0.4, 0.5) is 0 Å². The van der Waals surface area contributed by atoms with Crippen molar-refractivity contribution < 1.29 is 4.74 Å². The summed E-state index contributed by atoms with van der Waals surface area (Å²) in [6.45, 7) is 8.15. The summed E-state index contributed by atoms with van der Waals surface area (Å²) < 4.78 is 5.48. The van der Waals surface area contributed by atoms with Crippen molar-refractivity contribution in [3.05, 3.63) is 29.8 Å². The zero-order valence-corrected chi connectivity index (χ0v) is 12.5. The molecule has 1 N–H and O–H groups in total. The molecular formula is C16H26N2O. The molecule has 0 bridgehead atoms. The Morgan fingerprint density at radius 1 is 1.26 bits per heavy atom. The highest BCUT2D eigenvalue weighted by molar-refractivity contribution is 5.36. The van der Waals surface area contributed by atoms with Crippen molar-refractivity contribution in [2.24, 2.45) is 11.8 Å². The van der Waals surface area contributed by atoms with E-state index in [1.807, 2.05) is 19.2 Å². The van der Waals surface area contributed by atoms with E-state index >= 15 is 0 Å². The summed E-state index contributed by atoms with van der Waals surface area (Å²) in [5, 5.41) is 3.43. The normalized spacial score (nSPS) is 25.5. The third-order valence-corrected chi connectivity index (χ3v) is 4.37.